The average Bonchev–Trinajstić information content (AvgIpc) is 1.35. The first-order valence-electron chi connectivity index (χ1n) is 2.39. The second-order valence-electron chi connectivity index (χ2n) is 1.75. The summed E-state index contributed by atoms with van der Waals surface area (Å²) in [6.07, 6.45) is 2.17. The fraction of sp³-hybridized carbons (Fsp3) is 0.571. The Hall–Kier alpha value is 1.64. The Morgan fingerprint density at radius 2 is 1.88 bits per heavy atom. The average molecular weight is 138 g/mol. The van der Waals surface area contributed by atoms with Crippen LogP contribution in [0.5, 0.6) is 0 Å². The molecule has 0 aliphatic heterocycles. The molecule has 0 amide bonds. The van der Waals surface area contributed by atoms with Crippen molar-refractivity contribution in [2.24, 2.45) is 5.92 Å². The molecule has 1 atom stereocenters. The molecule has 0 radical (unpaired) electrons. The SMILES string of the molecule is [CH2-]CCC([CH2-])C.[CH3-].[K+]. The summed E-state index contributed by atoms with van der Waals surface area (Å²) in [5.41, 5.74) is 0. The van der Waals surface area contributed by atoms with E-state index in [0.717, 1.165) is 12.8 Å². The zero-order chi connectivity index (χ0) is 4.99. The van der Waals surface area contributed by atoms with Gasteiger partial charge in [-0.15, -0.1) is 6.42 Å². The minimum atomic E-state index is 0. The quantitative estimate of drug-likeness (QED) is 0.357. The molecule has 1 heteroatoms. The van der Waals surface area contributed by atoms with Gasteiger partial charge in [-0.3, -0.25) is 0 Å². The van der Waals surface area contributed by atoms with Crippen molar-refractivity contribution in [2.75, 3.05) is 0 Å². The van der Waals surface area contributed by atoms with Crippen molar-refractivity contribution in [3.63, 3.8) is 0 Å². The second-order valence-corrected chi connectivity index (χ2v) is 1.75. The summed E-state index contributed by atoms with van der Waals surface area (Å²) < 4.78 is 0. The summed E-state index contributed by atoms with van der Waals surface area (Å²) in [4.78, 5) is 0. The van der Waals surface area contributed by atoms with Gasteiger partial charge in [0.05, 0.1) is 0 Å². The monoisotopic (exact) mass is 138 g/mol. The van der Waals surface area contributed by atoms with Gasteiger partial charge >= 0.3 is 51.4 Å². The molecule has 46 valence electrons. The van der Waals surface area contributed by atoms with E-state index in [1.54, 1.807) is 0 Å². The molecular formula is C7H15K-2. The van der Waals surface area contributed by atoms with Crippen LogP contribution in [0.4, 0.5) is 0 Å². The van der Waals surface area contributed by atoms with Crippen LogP contribution in [-0.2, 0) is 0 Å². The Morgan fingerprint density at radius 1 is 1.50 bits per heavy atom. The summed E-state index contributed by atoms with van der Waals surface area (Å²) in [5, 5.41) is 0. The molecule has 0 aliphatic rings. The maximum atomic E-state index is 3.79. The van der Waals surface area contributed by atoms with Gasteiger partial charge in [0, 0.05) is 0 Å². The zero-order valence-electron chi connectivity index (χ0n) is 6.41. The molecule has 0 aromatic rings. The molecule has 0 aliphatic carbocycles. The molecule has 0 bridgehead atoms. The van der Waals surface area contributed by atoms with Crippen LogP contribution >= 0.6 is 0 Å². The van der Waals surface area contributed by atoms with Crippen molar-refractivity contribution in [1.82, 2.24) is 0 Å². The van der Waals surface area contributed by atoms with Crippen LogP contribution in [0, 0.1) is 27.2 Å². The maximum Gasteiger partial charge on any atom is 1.00 e. The summed E-state index contributed by atoms with van der Waals surface area (Å²) in [5.74, 6) is 0.586. The van der Waals surface area contributed by atoms with Gasteiger partial charge < -0.3 is 21.3 Å². The van der Waals surface area contributed by atoms with E-state index in [1.807, 2.05) is 0 Å². The minimum Gasteiger partial charge on any atom is -0.358 e. The van der Waals surface area contributed by atoms with E-state index in [0.29, 0.717) is 5.92 Å². The molecular weight excluding hydrogens is 123 g/mol. The molecule has 0 aromatic carbocycles. The Labute approximate surface area is 96.9 Å². The Kier molecular flexibility index (Phi) is 23.3. The normalized spacial score (nSPS) is 10.9. The van der Waals surface area contributed by atoms with Crippen molar-refractivity contribution in [3.8, 4) is 0 Å². The van der Waals surface area contributed by atoms with Gasteiger partial charge in [0.1, 0.15) is 0 Å². The predicted molar refractivity (Wildman–Crippen MR) is 35.5 cm³/mol. The van der Waals surface area contributed by atoms with Crippen LogP contribution in [0.3, 0.4) is 0 Å². The van der Waals surface area contributed by atoms with E-state index < -0.39 is 0 Å². The third-order valence-electron chi connectivity index (χ3n) is 0.697. The molecule has 0 saturated carbocycles. The number of hydrogen-bond acceptors (Lipinski definition) is 0. The largest absolute Gasteiger partial charge is 1.00 e. The molecule has 0 rings (SSSR count). The van der Waals surface area contributed by atoms with Crippen LogP contribution < -0.4 is 51.4 Å². The smallest absolute Gasteiger partial charge is 0.358 e. The number of rotatable bonds is 2. The first-order chi connectivity index (χ1) is 2.77. The van der Waals surface area contributed by atoms with E-state index in [9.17, 15) is 0 Å². The molecule has 0 spiro atoms. The summed E-state index contributed by atoms with van der Waals surface area (Å²) >= 11 is 0. The molecule has 0 saturated heterocycles. The maximum absolute atomic E-state index is 3.79. The van der Waals surface area contributed by atoms with Crippen molar-refractivity contribution < 1.29 is 51.4 Å². The molecule has 8 heavy (non-hydrogen) atoms. The van der Waals surface area contributed by atoms with E-state index in [1.165, 1.54) is 0 Å². The molecule has 0 heterocycles. The van der Waals surface area contributed by atoms with Gasteiger partial charge in [-0.2, -0.15) is 12.3 Å². The van der Waals surface area contributed by atoms with Gasteiger partial charge in [-0.05, 0) is 0 Å². The Morgan fingerprint density at radius 3 is 1.88 bits per heavy atom. The fourth-order valence-corrected chi connectivity index (χ4v) is 0.348. The topological polar surface area (TPSA) is 0 Å². The van der Waals surface area contributed by atoms with Crippen molar-refractivity contribution in [1.29, 1.82) is 0 Å². The number of hydrogen-bond donors (Lipinski definition) is 0. The molecule has 0 fully saturated rings. The van der Waals surface area contributed by atoms with Gasteiger partial charge in [0.25, 0.3) is 0 Å². The third-order valence-corrected chi connectivity index (χ3v) is 0.697. The van der Waals surface area contributed by atoms with Gasteiger partial charge in [0.15, 0.2) is 0 Å². The van der Waals surface area contributed by atoms with Crippen molar-refractivity contribution in [3.05, 3.63) is 21.3 Å². The molecule has 0 nitrogen and oxygen atoms in total. The first kappa shape index (κ1) is 16.3. The minimum absolute atomic E-state index is 0. The second kappa shape index (κ2) is 11.4. The van der Waals surface area contributed by atoms with Gasteiger partial charge in [0.2, 0.25) is 0 Å². The summed E-state index contributed by atoms with van der Waals surface area (Å²) in [6, 6.07) is 0. The van der Waals surface area contributed by atoms with Crippen molar-refractivity contribution in [2.45, 2.75) is 19.8 Å². The van der Waals surface area contributed by atoms with Crippen LogP contribution in [0.25, 0.3) is 0 Å². The third kappa shape index (κ3) is 15.6. The van der Waals surface area contributed by atoms with Crippen LogP contribution in [-0.4, -0.2) is 0 Å². The summed E-state index contributed by atoms with van der Waals surface area (Å²) in [6.45, 7) is 9.58. The summed E-state index contributed by atoms with van der Waals surface area (Å²) in [7, 11) is 0. The predicted octanol–water partition coefficient (Wildman–Crippen LogP) is -0.475. The zero-order valence-corrected chi connectivity index (χ0v) is 9.53. The van der Waals surface area contributed by atoms with Crippen LogP contribution in [0.2, 0.25) is 0 Å². The first-order valence-corrected chi connectivity index (χ1v) is 2.39. The van der Waals surface area contributed by atoms with E-state index >= 15 is 0 Å². The van der Waals surface area contributed by atoms with E-state index in [4.69, 9.17) is 0 Å². The standard InChI is InChI=1S/C6H12.CH3.K/c1-4-5-6(2)3;;/h6H,1-2,4-5H2,3H3;1H3;/q-2;-1;+1. The van der Waals surface area contributed by atoms with Crippen LogP contribution in [0.15, 0.2) is 0 Å². The van der Waals surface area contributed by atoms with Crippen LogP contribution in [0.1, 0.15) is 19.8 Å². The van der Waals surface area contributed by atoms with E-state index in [2.05, 4.69) is 20.8 Å². The van der Waals surface area contributed by atoms with Gasteiger partial charge in [-0.25, -0.2) is 0 Å². The molecule has 1 unspecified atom stereocenters. The van der Waals surface area contributed by atoms with Crippen molar-refractivity contribution >= 4 is 0 Å². The fourth-order valence-electron chi connectivity index (χ4n) is 0.348. The van der Waals surface area contributed by atoms with E-state index in [-0.39, 0.29) is 58.8 Å². The molecule has 0 N–H and O–H groups in total. The Balaban J connectivity index is -0.000000125. The Bertz CT molecular complexity index is 25.6. The van der Waals surface area contributed by atoms with Gasteiger partial charge in [-0.1, -0.05) is 6.92 Å². The molecule has 0 aromatic heterocycles.